The van der Waals surface area contributed by atoms with Gasteiger partial charge in [0.05, 0.1) is 34.5 Å². The lowest BCUT2D eigenvalue weighted by molar-refractivity contribution is 0.0159. The largest absolute Gasteiger partial charge is 0.444 e. The van der Waals surface area contributed by atoms with E-state index in [1.54, 1.807) is 74.1 Å². The maximum absolute atomic E-state index is 15.6. The van der Waals surface area contributed by atoms with Crippen molar-refractivity contribution in [2.24, 2.45) is 7.05 Å². The number of carbonyl (C=O) groups is 1. The van der Waals surface area contributed by atoms with Crippen molar-refractivity contribution in [3.8, 4) is 17.2 Å². The van der Waals surface area contributed by atoms with E-state index in [0.29, 0.717) is 52.4 Å². The number of rotatable bonds is 3. The number of halogens is 2. The summed E-state index contributed by atoms with van der Waals surface area (Å²) in [5.74, 6) is -0.652. The Kier molecular flexibility index (Phi) is 6.51. The van der Waals surface area contributed by atoms with Gasteiger partial charge in [0.25, 0.3) is 0 Å². The van der Waals surface area contributed by atoms with Crippen LogP contribution in [0.2, 0.25) is 0 Å². The summed E-state index contributed by atoms with van der Waals surface area (Å²) < 4.78 is 41.3. The Balaban J connectivity index is 1.55. The summed E-state index contributed by atoms with van der Waals surface area (Å²) in [7, 11) is 1.70. The first kappa shape index (κ1) is 28.3. The Morgan fingerprint density at radius 2 is 1.74 bits per heavy atom. The van der Waals surface area contributed by atoms with Crippen LogP contribution in [0, 0.1) is 25.5 Å². The highest BCUT2D eigenvalue weighted by Gasteiger charge is 2.37. The van der Waals surface area contributed by atoms with Gasteiger partial charge in [-0.2, -0.15) is 20.0 Å². The van der Waals surface area contributed by atoms with Gasteiger partial charge in [0.1, 0.15) is 23.4 Å². The highest BCUT2D eigenvalue weighted by atomic mass is 19.1. The average molecular weight is 591 g/mol. The second-order valence-corrected chi connectivity index (χ2v) is 11.9. The van der Waals surface area contributed by atoms with E-state index in [9.17, 15) is 14.0 Å². The zero-order chi connectivity index (χ0) is 31.0. The van der Waals surface area contributed by atoms with Gasteiger partial charge in [0.15, 0.2) is 11.6 Å². The molecular weight excluding hydrogens is 558 g/mol. The molecule has 0 saturated carbocycles. The van der Waals surface area contributed by atoms with Gasteiger partial charge in [-0.25, -0.2) is 27.6 Å². The number of hydrogen-bond acceptors (Lipinski definition) is 6. The average Bonchev–Trinajstić information content (AvgIpc) is 3.62. The smallest absolute Gasteiger partial charge is 0.410 e. The number of aryl methyl sites for hydroxylation is 3. The fraction of sp³-hybridized carbons (Fsp3) is 0.367. The number of benzene rings is 2. The molecule has 11 nitrogen and oxygen atoms in total. The Morgan fingerprint density at radius 3 is 2.42 bits per heavy atom. The molecule has 3 aromatic heterocycles. The first-order valence-corrected chi connectivity index (χ1v) is 13.9. The van der Waals surface area contributed by atoms with Crippen LogP contribution in [0.25, 0.3) is 28.1 Å². The van der Waals surface area contributed by atoms with Gasteiger partial charge < -0.3 is 9.64 Å². The number of amides is 1. The molecule has 4 heterocycles. The molecule has 6 rings (SSSR count). The van der Waals surface area contributed by atoms with Gasteiger partial charge in [-0.3, -0.25) is 4.68 Å². The molecule has 43 heavy (non-hydrogen) atoms. The van der Waals surface area contributed by atoms with E-state index in [1.807, 2.05) is 6.92 Å². The van der Waals surface area contributed by atoms with Crippen molar-refractivity contribution >= 4 is 17.0 Å². The van der Waals surface area contributed by atoms with E-state index in [0.717, 1.165) is 4.68 Å². The summed E-state index contributed by atoms with van der Waals surface area (Å²) >= 11 is 0. The highest BCUT2D eigenvalue weighted by Crippen LogP contribution is 2.36. The quantitative estimate of drug-likeness (QED) is 0.298. The van der Waals surface area contributed by atoms with Crippen molar-refractivity contribution < 1.29 is 18.3 Å². The Hall–Kier alpha value is -4.81. The fourth-order valence-electron chi connectivity index (χ4n) is 5.64. The molecule has 13 heteroatoms. The zero-order valence-electron chi connectivity index (χ0n) is 25.0. The number of hydrogen-bond donors (Lipinski definition) is 0. The van der Waals surface area contributed by atoms with Crippen molar-refractivity contribution in [1.29, 1.82) is 0 Å². The lowest BCUT2D eigenvalue weighted by Crippen LogP contribution is -2.42. The van der Waals surface area contributed by atoms with E-state index in [2.05, 4.69) is 10.2 Å². The Bertz CT molecular complexity index is 1950. The summed E-state index contributed by atoms with van der Waals surface area (Å²) in [6.45, 7) is 10.9. The monoisotopic (exact) mass is 590 g/mol. The molecule has 0 bridgehead atoms. The number of carbonyl (C=O) groups excluding carboxylic acids is 1. The summed E-state index contributed by atoms with van der Waals surface area (Å²) in [5.41, 5.74) is 1.81. The molecule has 2 aromatic carbocycles. The minimum Gasteiger partial charge on any atom is -0.444 e. The SMILES string of the molecule is Cc1cc(-n2nc3c(c2-n2cnn(-c4ccc5c(cnn5C)c4F)c2=O)[C@H](C)N(C(=O)OC(C)(C)C)CC3)cc(C)c1F. The Labute approximate surface area is 245 Å². The minimum absolute atomic E-state index is 0.0407. The van der Waals surface area contributed by atoms with Crippen LogP contribution in [0.15, 0.2) is 41.6 Å². The predicted molar refractivity (Wildman–Crippen MR) is 155 cm³/mol. The maximum Gasteiger partial charge on any atom is 0.410 e. The van der Waals surface area contributed by atoms with E-state index < -0.39 is 29.2 Å². The molecule has 0 aliphatic carbocycles. The molecule has 1 amide bonds. The van der Waals surface area contributed by atoms with Crippen molar-refractivity contribution in [3.63, 3.8) is 0 Å². The lowest BCUT2D eigenvalue weighted by atomic mass is 10.00. The summed E-state index contributed by atoms with van der Waals surface area (Å²) in [6.07, 6.45) is 2.60. The Morgan fingerprint density at radius 1 is 1.05 bits per heavy atom. The highest BCUT2D eigenvalue weighted by molar-refractivity contribution is 5.81. The van der Waals surface area contributed by atoms with Crippen molar-refractivity contribution in [1.82, 2.24) is 38.8 Å². The van der Waals surface area contributed by atoms with Gasteiger partial charge in [0, 0.05) is 25.6 Å². The van der Waals surface area contributed by atoms with Crippen molar-refractivity contribution in [2.45, 2.75) is 59.6 Å². The van der Waals surface area contributed by atoms with Crippen LogP contribution >= 0.6 is 0 Å². The van der Waals surface area contributed by atoms with Crippen LogP contribution in [0.1, 0.15) is 56.1 Å². The van der Waals surface area contributed by atoms with Gasteiger partial charge in [0.2, 0.25) is 0 Å². The van der Waals surface area contributed by atoms with Crippen LogP contribution in [0.3, 0.4) is 0 Å². The van der Waals surface area contributed by atoms with Gasteiger partial charge >= 0.3 is 11.8 Å². The number of ether oxygens (including phenoxy) is 1. The lowest BCUT2D eigenvalue weighted by Gasteiger charge is -2.34. The summed E-state index contributed by atoms with van der Waals surface area (Å²) in [5, 5.41) is 13.5. The fourth-order valence-corrected chi connectivity index (χ4v) is 5.64. The first-order valence-electron chi connectivity index (χ1n) is 13.9. The third-order valence-electron chi connectivity index (χ3n) is 7.71. The minimum atomic E-state index is -0.704. The molecule has 224 valence electrons. The van der Waals surface area contributed by atoms with E-state index >= 15 is 4.39 Å². The van der Waals surface area contributed by atoms with Gasteiger partial charge in [-0.1, -0.05) is 0 Å². The van der Waals surface area contributed by atoms with Crippen molar-refractivity contribution in [2.75, 3.05) is 6.54 Å². The normalized spacial score (nSPS) is 15.3. The topological polar surface area (TPSA) is 105 Å². The van der Waals surface area contributed by atoms with Crippen LogP contribution in [0.4, 0.5) is 13.6 Å². The number of nitrogens with zero attached hydrogens (tertiary/aromatic N) is 8. The first-order chi connectivity index (χ1) is 20.3. The molecule has 1 aliphatic heterocycles. The van der Waals surface area contributed by atoms with E-state index in [4.69, 9.17) is 9.84 Å². The standard InChI is InChI=1S/C30H32F2N8O3/c1-16-12-19(13-17(2)25(16)31)39-27(24-18(3)37(11-10-21(24)35-39)29(42)43-30(4,5)6)38-15-34-40(28(38)41)23-9-8-22-20(26(23)32)14-33-36(22)7/h8-9,12-15,18H,10-11H2,1-7H3/t18-/m0/s1. The zero-order valence-corrected chi connectivity index (χ0v) is 25.0. The molecule has 0 radical (unpaired) electrons. The van der Waals surface area contributed by atoms with Crippen LogP contribution in [-0.2, 0) is 18.2 Å². The maximum atomic E-state index is 15.6. The molecule has 0 spiro atoms. The molecule has 0 fully saturated rings. The second kappa shape index (κ2) is 9.89. The second-order valence-electron chi connectivity index (χ2n) is 11.9. The molecule has 0 saturated heterocycles. The molecule has 0 unspecified atom stereocenters. The van der Waals surface area contributed by atoms with E-state index in [-0.39, 0.29) is 16.9 Å². The predicted octanol–water partition coefficient (Wildman–Crippen LogP) is 4.84. The third kappa shape index (κ3) is 4.59. The van der Waals surface area contributed by atoms with Gasteiger partial charge in [-0.05, 0) is 76.9 Å². The van der Waals surface area contributed by atoms with Gasteiger partial charge in [-0.15, -0.1) is 0 Å². The third-order valence-corrected chi connectivity index (χ3v) is 7.71. The van der Waals surface area contributed by atoms with E-state index in [1.165, 1.54) is 23.2 Å². The number of fused-ring (bicyclic) bond motifs is 2. The molecule has 1 atom stereocenters. The van der Waals surface area contributed by atoms with Crippen LogP contribution in [0.5, 0.6) is 0 Å². The number of aromatic nitrogens is 7. The summed E-state index contributed by atoms with van der Waals surface area (Å²) in [6, 6.07) is 5.90. The molecule has 5 aromatic rings. The molecular formula is C30H32F2N8O3. The molecule has 0 N–H and O–H groups in total. The van der Waals surface area contributed by atoms with Crippen LogP contribution in [-0.4, -0.2) is 57.0 Å². The molecule has 1 aliphatic rings. The van der Waals surface area contributed by atoms with Crippen molar-refractivity contribution in [3.05, 3.63) is 81.3 Å². The van der Waals surface area contributed by atoms with Crippen LogP contribution < -0.4 is 5.69 Å². The summed E-state index contributed by atoms with van der Waals surface area (Å²) in [4.78, 5) is 28.8.